The third-order valence-electron chi connectivity index (χ3n) is 7.63. The van der Waals surface area contributed by atoms with E-state index in [1.54, 1.807) is 0 Å². The standard InChI is InChI=1S/C34H32O5/c1-32(2)38-30-31(39-32)34(27-19-11-5-12-20-27,28-21-13-6-14-22-28)37-24-29(35)23-36-33(30,25-15-7-3-8-16-25)26-17-9-4-10-18-26/h3-22,30-31H,23-24H2,1-2H3/t30-,31-/m1/s1. The zero-order valence-corrected chi connectivity index (χ0v) is 22.2. The fourth-order valence-corrected chi connectivity index (χ4v) is 6.02. The van der Waals surface area contributed by atoms with Gasteiger partial charge in [0.05, 0.1) is 0 Å². The summed E-state index contributed by atoms with van der Waals surface area (Å²) in [7, 11) is 0. The fourth-order valence-electron chi connectivity index (χ4n) is 6.02. The van der Waals surface area contributed by atoms with Gasteiger partial charge in [-0.1, -0.05) is 121 Å². The average molecular weight is 521 g/mol. The molecule has 0 N–H and O–H groups in total. The van der Waals surface area contributed by atoms with Crippen LogP contribution in [0, 0.1) is 0 Å². The number of carbonyl (C=O) groups excluding carboxylic acids is 1. The van der Waals surface area contributed by atoms with Gasteiger partial charge in [0.25, 0.3) is 0 Å². The van der Waals surface area contributed by atoms with E-state index in [1.165, 1.54) is 0 Å². The lowest BCUT2D eigenvalue weighted by Crippen LogP contribution is -2.56. The Bertz CT molecular complexity index is 1220. The van der Waals surface area contributed by atoms with Gasteiger partial charge in [0.15, 0.2) is 11.6 Å². The Hall–Kier alpha value is -3.61. The highest BCUT2D eigenvalue weighted by Gasteiger charge is 2.63. The Labute approximate surface area is 229 Å². The van der Waals surface area contributed by atoms with Gasteiger partial charge in [0, 0.05) is 0 Å². The normalized spacial score (nSPS) is 23.7. The monoisotopic (exact) mass is 520 g/mol. The Morgan fingerprint density at radius 3 is 1.08 bits per heavy atom. The molecule has 2 aliphatic heterocycles. The predicted molar refractivity (Wildman–Crippen MR) is 148 cm³/mol. The van der Waals surface area contributed by atoms with E-state index >= 15 is 0 Å². The van der Waals surface area contributed by atoms with Gasteiger partial charge >= 0.3 is 0 Å². The highest BCUT2D eigenvalue weighted by atomic mass is 16.8. The van der Waals surface area contributed by atoms with E-state index in [0.29, 0.717) is 0 Å². The molecule has 2 saturated heterocycles. The quantitative estimate of drug-likeness (QED) is 0.330. The minimum Gasteiger partial charge on any atom is -0.355 e. The maximum Gasteiger partial charge on any atom is 0.184 e. The second-order valence-corrected chi connectivity index (χ2v) is 10.5. The third-order valence-corrected chi connectivity index (χ3v) is 7.63. The molecule has 0 spiro atoms. The summed E-state index contributed by atoms with van der Waals surface area (Å²) in [5, 5.41) is 0. The highest BCUT2D eigenvalue weighted by molar-refractivity contribution is 5.81. The molecule has 4 aromatic rings. The molecule has 2 aliphatic rings. The number of rotatable bonds is 4. The van der Waals surface area contributed by atoms with Crippen molar-refractivity contribution in [2.24, 2.45) is 0 Å². The van der Waals surface area contributed by atoms with Crippen LogP contribution in [0.15, 0.2) is 121 Å². The van der Waals surface area contributed by atoms with Crippen molar-refractivity contribution in [1.29, 1.82) is 0 Å². The summed E-state index contributed by atoms with van der Waals surface area (Å²) in [5.41, 5.74) is 1.15. The van der Waals surface area contributed by atoms with Crippen LogP contribution in [0.25, 0.3) is 0 Å². The topological polar surface area (TPSA) is 54.0 Å². The number of fused-ring (bicyclic) bond motifs is 1. The van der Waals surface area contributed by atoms with Crippen molar-refractivity contribution in [3.63, 3.8) is 0 Å². The smallest absolute Gasteiger partial charge is 0.184 e. The van der Waals surface area contributed by atoms with Crippen molar-refractivity contribution in [2.75, 3.05) is 13.2 Å². The fraction of sp³-hybridized carbons (Fsp3) is 0.265. The van der Waals surface area contributed by atoms with Crippen LogP contribution in [0.5, 0.6) is 0 Å². The maximum absolute atomic E-state index is 13.4. The number of ether oxygens (including phenoxy) is 4. The van der Waals surface area contributed by atoms with Gasteiger partial charge in [0.1, 0.15) is 36.6 Å². The molecule has 0 aromatic heterocycles. The molecule has 198 valence electrons. The molecule has 2 heterocycles. The zero-order valence-electron chi connectivity index (χ0n) is 22.2. The lowest BCUT2D eigenvalue weighted by molar-refractivity contribution is -0.186. The Morgan fingerprint density at radius 2 is 0.795 bits per heavy atom. The van der Waals surface area contributed by atoms with E-state index in [0.717, 1.165) is 22.3 Å². The SMILES string of the molecule is CC1(C)O[C@@H]2[C@@H](O1)C(c1ccccc1)(c1ccccc1)OCC(=O)COC2(c1ccccc1)c1ccccc1. The van der Waals surface area contributed by atoms with Crippen LogP contribution >= 0.6 is 0 Å². The van der Waals surface area contributed by atoms with E-state index in [2.05, 4.69) is 0 Å². The van der Waals surface area contributed by atoms with Gasteiger partial charge in [-0.3, -0.25) is 4.79 Å². The molecule has 0 aliphatic carbocycles. The molecule has 0 bridgehead atoms. The Kier molecular flexibility index (Phi) is 6.69. The van der Waals surface area contributed by atoms with Crippen LogP contribution in [-0.4, -0.2) is 37.0 Å². The second kappa shape index (κ2) is 10.2. The molecule has 0 unspecified atom stereocenters. The number of hydrogen-bond acceptors (Lipinski definition) is 5. The minimum absolute atomic E-state index is 0.142. The summed E-state index contributed by atoms with van der Waals surface area (Å²) in [4.78, 5) is 13.4. The molecule has 39 heavy (non-hydrogen) atoms. The molecule has 4 aromatic carbocycles. The third kappa shape index (κ3) is 4.42. The average Bonchev–Trinajstić information content (AvgIpc) is 3.33. The van der Waals surface area contributed by atoms with E-state index in [4.69, 9.17) is 18.9 Å². The number of Topliss-reactive ketones (excluding diaryl/α,β-unsaturated/α-hetero) is 1. The summed E-state index contributed by atoms with van der Waals surface area (Å²) in [6.45, 7) is 3.55. The van der Waals surface area contributed by atoms with Crippen LogP contribution in [-0.2, 0) is 34.9 Å². The van der Waals surface area contributed by atoms with Crippen LogP contribution in [0.2, 0.25) is 0 Å². The first-order valence-electron chi connectivity index (χ1n) is 13.3. The first kappa shape index (κ1) is 25.7. The van der Waals surface area contributed by atoms with Crippen molar-refractivity contribution in [1.82, 2.24) is 0 Å². The number of hydrogen-bond donors (Lipinski definition) is 0. The van der Waals surface area contributed by atoms with Crippen molar-refractivity contribution < 1.29 is 23.7 Å². The molecule has 5 nitrogen and oxygen atoms in total. The summed E-state index contributed by atoms with van der Waals surface area (Å²) < 4.78 is 27.3. The largest absolute Gasteiger partial charge is 0.355 e. The van der Waals surface area contributed by atoms with E-state index in [-0.39, 0.29) is 19.0 Å². The summed E-state index contributed by atoms with van der Waals surface area (Å²) in [5.74, 6) is -1.13. The van der Waals surface area contributed by atoms with E-state index < -0.39 is 29.2 Å². The lowest BCUT2D eigenvalue weighted by atomic mass is 9.71. The first-order valence-corrected chi connectivity index (χ1v) is 13.3. The van der Waals surface area contributed by atoms with E-state index in [9.17, 15) is 4.79 Å². The van der Waals surface area contributed by atoms with Crippen LogP contribution < -0.4 is 0 Å². The molecular weight excluding hydrogens is 488 g/mol. The zero-order chi connectivity index (χ0) is 26.9. The van der Waals surface area contributed by atoms with Crippen LogP contribution in [0.3, 0.4) is 0 Å². The molecule has 2 fully saturated rings. The molecule has 2 atom stereocenters. The number of carbonyl (C=O) groups is 1. The lowest BCUT2D eigenvalue weighted by Gasteiger charge is -2.45. The number of ketones is 1. The van der Waals surface area contributed by atoms with E-state index in [1.807, 2.05) is 135 Å². The molecule has 0 radical (unpaired) electrons. The van der Waals surface area contributed by atoms with Gasteiger partial charge in [-0.2, -0.15) is 0 Å². The number of benzene rings is 4. The van der Waals surface area contributed by atoms with Gasteiger partial charge in [-0.15, -0.1) is 0 Å². The van der Waals surface area contributed by atoms with Crippen molar-refractivity contribution in [3.8, 4) is 0 Å². The minimum atomic E-state index is -1.17. The first-order chi connectivity index (χ1) is 19.0. The summed E-state index contributed by atoms with van der Waals surface area (Å²) in [6.07, 6.45) is -1.38. The molecule has 6 rings (SSSR count). The Balaban J connectivity index is 1.70. The van der Waals surface area contributed by atoms with Gasteiger partial charge in [-0.05, 0) is 36.1 Å². The second-order valence-electron chi connectivity index (χ2n) is 10.5. The van der Waals surface area contributed by atoms with Crippen molar-refractivity contribution in [3.05, 3.63) is 144 Å². The highest BCUT2D eigenvalue weighted by Crippen LogP contribution is 2.53. The van der Waals surface area contributed by atoms with Gasteiger partial charge in [-0.25, -0.2) is 0 Å². The van der Waals surface area contributed by atoms with Crippen LogP contribution in [0.1, 0.15) is 36.1 Å². The van der Waals surface area contributed by atoms with Gasteiger partial charge in [0.2, 0.25) is 0 Å². The van der Waals surface area contributed by atoms with Crippen molar-refractivity contribution in [2.45, 2.75) is 43.0 Å². The summed E-state index contributed by atoms with van der Waals surface area (Å²) in [6, 6.07) is 39.9. The molecular formula is C34H32O5. The predicted octanol–water partition coefficient (Wildman–Crippen LogP) is 6.01. The van der Waals surface area contributed by atoms with Crippen LogP contribution in [0.4, 0.5) is 0 Å². The molecule has 5 heteroatoms. The molecule has 0 amide bonds. The van der Waals surface area contributed by atoms with Gasteiger partial charge < -0.3 is 18.9 Å². The molecule has 0 saturated carbocycles. The summed E-state index contributed by atoms with van der Waals surface area (Å²) >= 11 is 0. The Morgan fingerprint density at radius 1 is 0.513 bits per heavy atom. The van der Waals surface area contributed by atoms with Crippen molar-refractivity contribution >= 4 is 5.78 Å². The maximum atomic E-state index is 13.4.